The predicted octanol–water partition coefficient (Wildman–Crippen LogP) is 1.57. The third-order valence-corrected chi connectivity index (χ3v) is 3.57. The Morgan fingerprint density at radius 2 is 2.36 bits per heavy atom. The molecule has 0 bridgehead atoms. The number of carbonyl (C=O) groups is 1. The molecule has 2 unspecified atom stereocenters. The van der Waals surface area contributed by atoms with Gasteiger partial charge in [-0.15, -0.1) is 0 Å². The predicted molar refractivity (Wildman–Crippen MR) is 51.8 cm³/mol. The van der Waals surface area contributed by atoms with Gasteiger partial charge in [0.1, 0.15) is 0 Å². The molecule has 0 aromatic heterocycles. The second-order valence-corrected chi connectivity index (χ2v) is 4.34. The lowest BCUT2D eigenvalue weighted by molar-refractivity contribution is -0.142. The van der Waals surface area contributed by atoms with Gasteiger partial charge in [-0.25, -0.2) is 0 Å². The van der Waals surface area contributed by atoms with E-state index < -0.39 is 11.4 Å². The van der Waals surface area contributed by atoms with E-state index in [0.717, 1.165) is 24.8 Å². The van der Waals surface area contributed by atoms with Crippen molar-refractivity contribution in [2.24, 2.45) is 11.3 Å². The van der Waals surface area contributed by atoms with Gasteiger partial charge in [-0.3, -0.25) is 4.79 Å². The van der Waals surface area contributed by atoms with Crippen molar-refractivity contribution in [1.82, 2.24) is 0 Å². The van der Waals surface area contributed by atoms with Crippen LogP contribution in [-0.2, 0) is 4.79 Å². The molecule has 0 aromatic rings. The van der Waals surface area contributed by atoms with E-state index in [9.17, 15) is 9.90 Å². The zero-order valence-corrected chi connectivity index (χ0v) is 8.20. The maximum absolute atomic E-state index is 11.2. The Hall–Kier alpha value is -0.830. The fraction of sp³-hybridized carbons (Fsp3) is 0.727. The molecule has 78 valence electrons. The summed E-state index contributed by atoms with van der Waals surface area (Å²) in [7, 11) is 0. The lowest BCUT2D eigenvalue weighted by atomic mass is 9.85. The molecule has 2 atom stereocenters. The normalized spacial score (nSPS) is 36.4. The summed E-state index contributed by atoms with van der Waals surface area (Å²) in [5.41, 5.74) is 0.380. The van der Waals surface area contributed by atoms with E-state index in [1.54, 1.807) is 0 Å². The smallest absolute Gasteiger partial charge is 0.314 e. The second-order valence-electron chi connectivity index (χ2n) is 4.34. The molecule has 2 aliphatic carbocycles. The standard InChI is InChI=1S/C11H16O3/c12-7-9-6-11(9,10(13)14)8-4-2-1-3-5-8/h4,9,12H,1-3,5-7H2,(H,13,14). The third kappa shape index (κ3) is 1.27. The number of aliphatic hydroxyl groups is 1. The Balaban J connectivity index is 2.20. The number of carboxylic acid groups (broad SMARTS) is 1. The Kier molecular flexibility index (Phi) is 2.35. The molecular weight excluding hydrogens is 180 g/mol. The fourth-order valence-corrected chi connectivity index (χ4v) is 2.59. The highest BCUT2D eigenvalue weighted by molar-refractivity contribution is 5.83. The van der Waals surface area contributed by atoms with Gasteiger partial charge in [-0.2, -0.15) is 0 Å². The van der Waals surface area contributed by atoms with Gasteiger partial charge in [0.15, 0.2) is 0 Å². The Morgan fingerprint density at radius 3 is 2.79 bits per heavy atom. The van der Waals surface area contributed by atoms with E-state index >= 15 is 0 Å². The van der Waals surface area contributed by atoms with Crippen molar-refractivity contribution in [1.29, 1.82) is 0 Å². The highest BCUT2D eigenvalue weighted by Crippen LogP contribution is 2.59. The summed E-state index contributed by atoms with van der Waals surface area (Å²) in [6.07, 6.45) is 6.88. The van der Waals surface area contributed by atoms with Crippen LogP contribution in [0.15, 0.2) is 11.6 Å². The van der Waals surface area contributed by atoms with Crippen LogP contribution in [0.25, 0.3) is 0 Å². The molecular formula is C11H16O3. The number of hydrogen-bond acceptors (Lipinski definition) is 2. The summed E-state index contributed by atoms with van der Waals surface area (Å²) in [6.45, 7) is 0.00361. The van der Waals surface area contributed by atoms with Gasteiger partial charge >= 0.3 is 5.97 Å². The molecule has 0 aliphatic heterocycles. The molecule has 2 aliphatic rings. The lowest BCUT2D eigenvalue weighted by Gasteiger charge is -2.20. The average molecular weight is 196 g/mol. The minimum absolute atomic E-state index is 0.00361. The quantitative estimate of drug-likeness (QED) is 0.673. The van der Waals surface area contributed by atoms with Crippen molar-refractivity contribution in [2.45, 2.75) is 32.1 Å². The fourth-order valence-electron chi connectivity index (χ4n) is 2.59. The third-order valence-electron chi connectivity index (χ3n) is 3.57. The molecule has 2 rings (SSSR count). The first-order chi connectivity index (χ1) is 6.71. The van der Waals surface area contributed by atoms with E-state index in [1.807, 2.05) is 0 Å². The van der Waals surface area contributed by atoms with Crippen molar-refractivity contribution in [3.8, 4) is 0 Å². The summed E-state index contributed by atoms with van der Waals surface area (Å²) in [5, 5.41) is 18.2. The summed E-state index contributed by atoms with van der Waals surface area (Å²) in [6, 6.07) is 0. The van der Waals surface area contributed by atoms with Crippen LogP contribution in [0, 0.1) is 11.3 Å². The van der Waals surface area contributed by atoms with Gasteiger partial charge in [-0.1, -0.05) is 11.6 Å². The number of aliphatic hydroxyl groups excluding tert-OH is 1. The molecule has 3 heteroatoms. The minimum Gasteiger partial charge on any atom is -0.481 e. The highest BCUT2D eigenvalue weighted by Gasteiger charge is 2.61. The van der Waals surface area contributed by atoms with Crippen molar-refractivity contribution >= 4 is 5.97 Å². The minimum atomic E-state index is -0.746. The number of carboxylic acids is 1. The number of aliphatic carboxylic acids is 1. The molecule has 0 radical (unpaired) electrons. The zero-order valence-electron chi connectivity index (χ0n) is 8.20. The van der Waals surface area contributed by atoms with E-state index in [1.165, 1.54) is 6.42 Å². The van der Waals surface area contributed by atoms with Gasteiger partial charge in [-0.05, 0) is 32.1 Å². The van der Waals surface area contributed by atoms with Gasteiger partial charge < -0.3 is 10.2 Å². The van der Waals surface area contributed by atoms with Crippen LogP contribution in [0.1, 0.15) is 32.1 Å². The van der Waals surface area contributed by atoms with E-state index in [2.05, 4.69) is 6.08 Å². The first-order valence-electron chi connectivity index (χ1n) is 5.25. The van der Waals surface area contributed by atoms with E-state index in [4.69, 9.17) is 5.11 Å². The maximum atomic E-state index is 11.2. The van der Waals surface area contributed by atoms with Crippen LogP contribution in [0.4, 0.5) is 0 Å². The van der Waals surface area contributed by atoms with Crippen molar-refractivity contribution in [3.05, 3.63) is 11.6 Å². The Labute approximate surface area is 83.4 Å². The largest absolute Gasteiger partial charge is 0.481 e. The summed E-state index contributed by atoms with van der Waals surface area (Å²) in [4.78, 5) is 11.2. The number of hydrogen-bond donors (Lipinski definition) is 2. The molecule has 2 N–H and O–H groups in total. The maximum Gasteiger partial charge on any atom is 0.314 e. The molecule has 1 saturated carbocycles. The molecule has 0 heterocycles. The SMILES string of the molecule is O=C(O)C1(C2=CCCCC2)CC1CO. The topological polar surface area (TPSA) is 57.5 Å². The molecule has 0 spiro atoms. The van der Waals surface area contributed by atoms with Crippen molar-refractivity contribution in [2.75, 3.05) is 6.61 Å². The van der Waals surface area contributed by atoms with Crippen LogP contribution in [0.3, 0.4) is 0 Å². The van der Waals surface area contributed by atoms with Crippen LogP contribution in [0.5, 0.6) is 0 Å². The summed E-state index contributed by atoms with van der Waals surface area (Å²) < 4.78 is 0. The van der Waals surface area contributed by atoms with Crippen molar-refractivity contribution in [3.63, 3.8) is 0 Å². The van der Waals surface area contributed by atoms with E-state index in [0.29, 0.717) is 6.42 Å². The molecule has 0 aromatic carbocycles. The first-order valence-corrected chi connectivity index (χ1v) is 5.25. The summed E-state index contributed by atoms with van der Waals surface area (Å²) in [5.74, 6) is -0.783. The Bertz CT molecular complexity index is 282. The van der Waals surface area contributed by atoms with Gasteiger partial charge in [0, 0.05) is 12.5 Å². The van der Waals surface area contributed by atoms with Crippen LogP contribution in [0.2, 0.25) is 0 Å². The van der Waals surface area contributed by atoms with Gasteiger partial charge in [0.05, 0.1) is 5.41 Å². The van der Waals surface area contributed by atoms with E-state index in [-0.39, 0.29) is 12.5 Å². The van der Waals surface area contributed by atoms with Gasteiger partial charge in [0.25, 0.3) is 0 Å². The average Bonchev–Trinajstić information content (AvgIpc) is 2.94. The molecule has 0 amide bonds. The number of allylic oxidation sites excluding steroid dienone is 1. The van der Waals surface area contributed by atoms with Crippen LogP contribution < -0.4 is 0 Å². The lowest BCUT2D eigenvalue weighted by Crippen LogP contribution is -2.22. The van der Waals surface area contributed by atoms with Crippen molar-refractivity contribution < 1.29 is 15.0 Å². The van der Waals surface area contributed by atoms with Crippen LogP contribution >= 0.6 is 0 Å². The number of rotatable bonds is 3. The molecule has 0 saturated heterocycles. The first kappa shape index (κ1) is 9.71. The molecule has 3 nitrogen and oxygen atoms in total. The molecule has 1 fully saturated rings. The monoisotopic (exact) mass is 196 g/mol. The van der Waals surface area contributed by atoms with Gasteiger partial charge in [0.2, 0.25) is 0 Å². The Morgan fingerprint density at radius 1 is 1.57 bits per heavy atom. The second kappa shape index (κ2) is 3.39. The highest BCUT2D eigenvalue weighted by atomic mass is 16.4. The summed E-state index contributed by atoms with van der Waals surface area (Å²) >= 11 is 0. The van der Waals surface area contributed by atoms with Crippen LogP contribution in [-0.4, -0.2) is 22.8 Å². The zero-order chi connectivity index (χ0) is 10.2. The molecule has 14 heavy (non-hydrogen) atoms.